The molecule has 1 aromatic carbocycles. The number of hydrogen-bond acceptors (Lipinski definition) is 9. The van der Waals surface area contributed by atoms with E-state index in [0.717, 1.165) is 29.4 Å². The van der Waals surface area contributed by atoms with Crippen LogP contribution in [0.3, 0.4) is 0 Å². The molecule has 31 heavy (non-hydrogen) atoms. The molecule has 0 spiro atoms. The summed E-state index contributed by atoms with van der Waals surface area (Å²) in [6.45, 7) is 6.67. The van der Waals surface area contributed by atoms with Crippen LogP contribution in [0.4, 0.5) is 0 Å². The Morgan fingerprint density at radius 1 is 1.39 bits per heavy atom. The number of ether oxygens (including phenoxy) is 1. The minimum atomic E-state index is -0.0899. The average Bonchev–Trinajstić information content (AvgIpc) is 3.45. The highest BCUT2D eigenvalue weighted by Gasteiger charge is 2.12. The number of aliphatic hydroxyl groups is 1. The molecule has 168 valence electrons. The molecule has 1 unspecified atom stereocenters. The van der Waals surface area contributed by atoms with Crippen LogP contribution in [0.1, 0.15) is 18.7 Å². The predicted molar refractivity (Wildman–Crippen MR) is 138 cm³/mol. The van der Waals surface area contributed by atoms with Gasteiger partial charge in [0.2, 0.25) is 5.89 Å². The van der Waals surface area contributed by atoms with E-state index in [9.17, 15) is 5.11 Å². The molecule has 0 amide bonds. The first-order valence-corrected chi connectivity index (χ1v) is 14.2. The lowest BCUT2D eigenvalue weighted by Crippen LogP contribution is -2.20. The monoisotopic (exact) mass is 575 g/mol. The van der Waals surface area contributed by atoms with Gasteiger partial charge in [-0.05, 0) is 50.9 Å². The third-order valence-corrected chi connectivity index (χ3v) is 6.75. The summed E-state index contributed by atoms with van der Waals surface area (Å²) in [5, 5.41) is 9.42. The van der Waals surface area contributed by atoms with Crippen LogP contribution in [-0.2, 0) is 4.18 Å². The topological polar surface area (TPSA) is 80.3 Å². The second-order valence-corrected chi connectivity index (χ2v) is 9.49. The van der Waals surface area contributed by atoms with Gasteiger partial charge in [0.25, 0.3) is 0 Å². The van der Waals surface area contributed by atoms with Crippen molar-refractivity contribution in [2.75, 3.05) is 38.8 Å². The quantitative estimate of drug-likeness (QED) is 0.152. The van der Waals surface area contributed by atoms with Crippen LogP contribution in [0, 0.1) is 5.92 Å². The fourth-order valence-electron chi connectivity index (χ4n) is 3.02. The number of aliphatic imine (C=N–C) groups is 1. The van der Waals surface area contributed by atoms with Gasteiger partial charge in [-0.2, -0.15) is 0 Å². The number of aliphatic hydroxyl groups excluding tert-OH is 1. The minimum absolute atomic E-state index is 0.00187. The van der Waals surface area contributed by atoms with Crippen LogP contribution in [0.5, 0.6) is 5.75 Å². The first kappa shape index (κ1) is 24.6. The third-order valence-electron chi connectivity index (χ3n) is 4.69. The second-order valence-electron chi connectivity index (χ2n) is 7.03. The number of allylic oxidation sites excluding steroid dienone is 1. The number of benzene rings is 1. The number of rotatable bonds is 13. The summed E-state index contributed by atoms with van der Waals surface area (Å²) in [4.78, 5) is 11.9. The van der Waals surface area contributed by atoms with Crippen molar-refractivity contribution in [3.8, 4) is 5.75 Å². The second kappa shape index (κ2) is 13.5. The van der Waals surface area contributed by atoms with E-state index in [0.29, 0.717) is 30.4 Å². The van der Waals surface area contributed by atoms with E-state index in [2.05, 4.69) is 21.6 Å². The summed E-state index contributed by atoms with van der Waals surface area (Å²) >= 11 is 3.78. The summed E-state index contributed by atoms with van der Waals surface area (Å²) < 4.78 is 16.9. The molecule has 1 aliphatic heterocycles. The van der Waals surface area contributed by atoms with Crippen molar-refractivity contribution < 1.29 is 18.4 Å². The highest BCUT2D eigenvalue weighted by atomic mass is 127. The maximum atomic E-state index is 9.42. The lowest BCUT2D eigenvalue weighted by Gasteiger charge is -2.14. The molecule has 10 heteroatoms. The lowest BCUT2D eigenvalue weighted by atomic mass is 10.2. The van der Waals surface area contributed by atoms with Crippen LogP contribution < -0.4 is 4.74 Å². The number of hydrogen-bond donors (Lipinski definition) is 1. The zero-order chi connectivity index (χ0) is 21.9. The molecule has 1 atom stereocenters. The molecule has 1 N–H and O–H groups in total. The zero-order valence-corrected chi connectivity index (χ0v) is 20.9. The Morgan fingerprint density at radius 3 is 2.97 bits per heavy atom. The normalized spacial score (nSPS) is 16.4. The van der Waals surface area contributed by atoms with Crippen LogP contribution in [0.15, 0.2) is 44.8 Å². The predicted octanol–water partition coefficient (Wildman–Crippen LogP) is 5.17. The lowest BCUT2D eigenvalue weighted by molar-refractivity contribution is 0.125. The van der Waals surface area contributed by atoms with Gasteiger partial charge < -0.3 is 18.4 Å². The maximum absolute atomic E-state index is 9.42. The molecule has 1 aromatic heterocycles. The highest BCUT2D eigenvalue weighted by Crippen LogP contribution is 2.25. The standard InChI is InChI=1S/C21H26IN3O4S2/c1-23-11-18(30-15-25-8-2-3-9-25)5-7-21-24-19-6-4-17(10-20(19)29-21)27-13-16(12-26)14-28-31-22/h4-7,10-11,16,26H,1-3,8-9,12-15H2/b7-5+,18-11-. The molecular formula is C21H26IN3O4S2. The third kappa shape index (κ3) is 8.10. The van der Waals surface area contributed by atoms with Crippen molar-refractivity contribution in [2.24, 2.45) is 10.9 Å². The Kier molecular flexibility index (Phi) is 10.7. The first-order valence-electron chi connectivity index (χ1n) is 9.95. The van der Waals surface area contributed by atoms with Crippen molar-refractivity contribution in [1.82, 2.24) is 9.88 Å². The maximum Gasteiger partial charge on any atom is 0.220 e. The molecule has 1 fully saturated rings. The molecule has 2 heterocycles. The summed E-state index contributed by atoms with van der Waals surface area (Å²) in [6.07, 6.45) is 8.10. The van der Waals surface area contributed by atoms with Gasteiger partial charge in [-0.1, -0.05) is 0 Å². The fourth-order valence-corrected chi connectivity index (χ4v) is 4.61. The first-order chi connectivity index (χ1) is 15.2. The summed E-state index contributed by atoms with van der Waals surface area (Å²) in [6, 6.07) is 5.52. The SMILES string of the molecule is C=N/C=C(/C=C/c1nc2ccc(OCC(CO)COSI)cc2o1)SCN1CCCC1. The van der Waals surface area contributed by atoms with E-state index < -0.39 is 0 Å². The van der Waals surface area contributed by atoms with Gasteiger partial charge in [0.15, 0.2) is 5.58 Å². The van der Waals surface area contributed by atoms with Crippen LogP contribution in [0.25, 0.3) is 17.2 Å². The van der Waals surface area contributed by atoms with Crippen LogP contribution >= 0.6 is 42.2 Å². The number of thioether (sulfide) groups is 1. The molecule has 3 rings (SSSR count). The molecule has 2 aromatic rings. The molecule has 0 saturated carbocycles. The van der Waals surface area contributed by atoms with Crippen molar-refractivity contribution in [3.63, 3.8) is 0 Å². The van der Waals surface area contributed by atoms with E-state index in [4.69, 9.17) is 13.3 Å². The van der Waals surface area contributed by atoms with Crippen molar-refractivity contribution in [1.29, 1.82) is 0 Å². The van der Waals surface area contributed by atoms with E-state index in [1.807, 2.05) is 51.6 Å². The number of aromatic nitrogens is 1. The Morgan fingerprint density at radius 2 is 2.23 bits per heavy atom. The fraction of sp³-hybridized carbons (Fsp3) is 0.429. The average molecular weight is 575 g/mol. The molecule has 7 nitrogen and oxygen atoms in total. The van der Waals surface area contributed by atoms with E-state index in [1.54, 1.807) is 18.0 Å². The van der Waals surface area contributed by atoms with Crippen molar-refractivity contribution in [2.45, 2.75) is 12.8 Å². The number of oxazole rings is 1. The van der Waals surface area contributed by atoms with E-state index in [-0.39, 0.29) is 12.5 Å². The molecule has 0 aliphatic carbocycles. The summed E-state index contributed by atoms with van der Waals surface area (Å²) in [7, 11) is 1.25. The van der Waals surface area contributed by atoms with Gasteiger partial charge >= 0.3 is 0 Å². The van der Waals surface area contributed by atoms with Gasteiger partial charge in [0.05, 0.1) is 29.0 Å². The Bertz CT molecular complexity index is 900. The summed E-state index contributed by atoms with van der Waals surface area (Å²) in [5.74, 6) is 2.03. The number of halogens is 1. The summed E-state index contributed by atoms with van der Waals surface area (Å²) in [5.41, 5.74) is 1.40. The molecular weight excluding hydrogens is 549 g/mol. The van der Waals surface area contributed by atoms with Gasteiger partial charge in [-0.25, -0.2) is 4.98 Å². The van der Waals surface area contributed by atoms with Crippen LogP contribution in [0.2, 0.25) is 0 Å². The number of fused-ring (bicyclic) bond motifs is 1. The Labute approximate surface area is 203 Å². The van der Waals surface area contributed by atoms with Gasteiger partial charge in [-0.3, -0.25) is 9.89 Å². The zero-order valence-electron chi connectivity index (χ0n) is 17.1. The molecule has 0 radical (unpaired) electrons. The van der Waals surface area contributed by atoms with Gasteiger partial charge in [-0.15, -0.1) is 11.8 Å². The van der Waals surface area contributed by atoms with E-state index >= 15 is 0 Å². The molecule has 0 bridgehead atoms. The molecule has 1 saturated heterocycles. The smallest absolute Gasteiger partial charge is 0.220 e. The van der Waals surface area contributed by atoms with Crippen LogP contribution in [-0.4, -0.2) is 60.5 Å². The minimum Gasteiger partial charge on any atom is -0.493 e. The van der Waals surface area contributed by atoms with E-state index in [1.165, 1.54) is 22.1 Å². The Hall–Kier alpha value is -1.05. The Balaban J connectivity index is 1.60. The molecule has 1 aliphatic rings. The van der Waals surface area contributed by atoms with Crippen molar-refractivity contribution in [3.05, 3.63) is 41.3 Å². The van der Waals surface area contributed by atoms with Gasteiger partial charge in [0.1, 0.15) is 11.3 Å². The largest absolute Gasteiger partial charge is 0.493 e. The highest BCUT2D eigenvalue weighted by molar-refractivity contribution is 14.2. The number of nitrogens with zero attached hydrogens (tertiary/aromatic N) is 3. The van der Waals surface area contributed by atoms with Gasteiger partial charge in [0, 0.05) is 56.2 Å². The number of likely N-dealkylation sites (tertiary alicyclic amines) is 1. The van der Waals surface area contributed by atoms with Crippen molar-refractivity contribution >= 4 is 66.1 Å².